The van der Waals surface area contributed by atoms with Gasteiger partial charge in [0.25, 0.3) is 0 Å². The van der Waals surface area contributed by atoms with Crippen LogP contribution in [0.5, 0.6) is 0 Å². The van der Waals surface area contributed by atoms with Crippen LogP contribution in [0.3, 0.4) is 0 Å². The van der Waals surface area contributed by atoms with Gasteiger partial charge in [0, 0.05) is 46.6 Å². The first-order chi connectivity index (χ1) is 11.8. The molecule has 7 nitrogen and oxygen atoms in total. The Kier molecular flexibility index (Phi) is 8.88. The summed E-state index contributed by atoms with van der Waals surface area (Å²) in [6.07, 6.45) is 1.22. The van der Waals surface area contributed by atoms with Gasteiger partial charge in [-0.15, -0.1) is 0 Å². The van der Waals surface area contributed by atoms with Crippen LogP contribution in [0.1, 0.15) is 11.1 Å². The second-order valence-electron chi connectivity index (χ2n) is 6.02. The molecule has 25 heavy (non-hydrogen) atoms. The summed E-state index contributed by atoms with van der Waals surface area (Å²) >= 11 is 0. The summed E-state index contributed by atoms with van der Waals surface area (Å²) in [5.74, 6) is 0.713. The Bertz CT molecular complexity index is 674. The molecular weight excluding hydrogens is 340 g/mol. The highest BCUT2D eigenvalue weighted by atomic mass is 32.2. The zero-order valence-corrected chi connectivity index (χ0v) is 16.6. The summed E-state index contributed by atoms with van der Waals surface area (Å²) in [5, 5.41) is 6.49. The van der Waals surface area contributed by atoms with E-state index in [2.05, 4.69) is 20.5 Å². The number of likely N-dealkylation sites (N-methyl/N-ethyl adjacent to an activating group) is 1. The minimum atomic E-state index is -3.18. The average Bonchev–Trinajstić information content (AvgIpc) is 2.54. The highest BCUT2D eigenvalue weighted by molar-refractivity contribution is 7.90. The van der Waals surface area contributed by atoms with Crippen molar-refractivity contribution < 1.29 is 13.2 Å². The number of aryl methyl sites for hydroxylation is 1. The number of sulfone groups is 1. The van der Waals surface area contributed by atoms with Gasteiger partial charge in [-0.25, -0.2) is 8.42 Å². The Morgan fingerprint density at radius 2 is 2.00 bits per heavy atom. The molecule has 0 radical (unpaired) electrons. The van der Waals surface area contributed by atoms with Crippen molar-refractivity contribution in [2.24, 2.45) is 4.99 Å². The maximum absolute atomic E-state index is 11.7. The summed E-state index contributed by atoms with van der Waals surface area (Å²) in [4.78, 5) is 6.75. The average molecular weight is 371 g/mol. The van der Waals surface area contributed by atoms with Crippen LogP contribution in [0, 0.1) is 6.92 Å². The van der Waals surface area contributed by atoms with E-state index in [0.29, 0.717) is 24.0 Å². The molecule has 0 aromatic heterocycles. The van der Waals surface area contributed by atoms with E-state index in [9.17, 15) is 8.42 Å². The molecule has 0 spiro atoms. The maximum Gasteiger partial charge on any atom is 0.191 e. The molecule has 0 fully saturated rings. The van der Waals surface area contributed by atoms with Crippen LogP contribution in [-0.4, -0.2) is 73.0 Å². The Morgan fingerprint density at radius 1 is 1.28 bits per heavy atom. The first-order valence-electron chi connectivity index (χ1n) is 8.19. The fourth-order valence-corrected chi connectivity index (χ4v) is 3.33. The van der Waals surface area contributed by atoms with Gasteiger partial charge in [0.2, 0.25) is 0 Å². The van der Waals surface area contributed by atoms with E-state index < -0.39 is 9.84 Å². The molecule has 1 aromatic carbocycles. The van der Waals surface area contributed by atoms with Crippen molar-refractivity contribution in [3.8, 4) is 0 Å². The van der Waals surface area contributed by atoms with Gasteiger partial charge in [-0.2, -0.15) is 0 Å². The van der Waals surface area contributed by atoms with Gasteiger partial charge in [0.15, 0.2) is 15.8 Å². The Labute approximate surface area is 151 Å². The number of guanidine groups is 1. The molecule has 142 valence electrons. The van der Waals surface area contributed by atoms with E-state index >= 15 is 0 Å². The van der Waals surface area contributed by atoms with Crippen molar-refractivity contribution in [2.45, 2.75) is 18.4 Å². The predicted molar refractivity (Wildman–Crippen MR) is 102 cm³/mol. The largest absolute Gasteiger partial charge is 0.383 e. The number of ether oxygens (including phenoxy) is 1. The standard InChI is InChI=1S/C17H30N4O3S/c1-14-12-15(6-7-16(14)25(5,22)23)13-20-17(18-2)19-8-9-21(3)10-11-24-4/h6-7,12H,8-11,13H2,1-5H3,(H2,18,19,20). The van der Waals surface area contributed by atoms with Crippen LogP contribution >= 0.6 is 0 Å². The Morgan fingerprint density at radius 3 is 2.56 bits per heavy atom. The number of rotatable bonds is 9. The normalized spacial score (nSPS) is 12.5. The van der Waals surface area contributed by atoms with E-state index in [4.69, 9.17) is 4.74 Å². The van der Waals surface area contributed by atoms with Gasteiger partial charge in [-0.3, -0.25) is 4.99 Å². The molecule has 0 aliphatic carbocycles. The molecule has 0 heterocycles. The van der Waals surface area contributed by atoms with Crippen molar-refractivity contribution in [1.82, 2.24) is 15.5 Å². The van der Waals surface area contributed by atoms with Crippen LogP contribution < -0.4 is 10.6 Å². The SMILES string of the molecule is CN=C(NCCN(C)CCOC)NCc1ccc(S(C)(=O)=O)c(C)c1. The van der Waals surface area contributed by atoms with Crippen LogP contribution in [-0.2, 0) is 21.1 Å². The monoisotopic (exact) mass is 370 g/mol. The third-order valence-electron chi connectivity index (χ3n) is 3.79. The van der Waals surface area contributed by atoms with E-state index in [0.717, 1.165) is 30.8 Å². The number of nitrogens with zero attached hydrogens (tertiary/aromatic N) is 2. The zero-order valence-electron chi connectivity index (χ0n) is 15.8. The molecular formula is C17H30N4O3S. The van der Waals surface area contributed by atoms with E-state index in [-0.39, 0.29) is 0 Å². The Balaban J connectivity index is 2.49. The number of aliphatic imine (C=N–C) groups is 1. The number of methoxy groups -OCH3 is 1. The molecule has 2 N–H and O–H groups in total. The minimum Gasteiger partial charge on any atom is -0.383 e. The van der Waals surface area contributed by atoms with Crippen LogP contribution in [0.2, 0.25) is 0 Å². The van der Waals surface area contributed by atoms with Crippen LogP contribution in [0.25, 0.3) is 0 Å². The maximum atomic E-state index is 11.7. The fourth-order valence-electron chi connectivity index (χ4n) is 2.37. The number of hydrogen-bond acceptors (Lipinski definition) is 5. The van der Waals surface area contributed by atoms with Crippen molar-refractivity contribution in [3.63, 3.8) is 0 Å². The summed E-state index contributed by atoms with van der Waals surface area (Å²) in [5.41, 5.74) is 1.76. The highest BCUT2D eigenvalue weighted by Gasteiger charge is 2.11. The predicted octanol–water partition coefficient (Wildman–Crippen LogP) is 0.642. The number of benzene rings is 1. The molecule has 0 aliphatic rings. The molecule has 1 rings (SSSR count). The topological polar surface area (TPSA) is 83.0 Å². The molecule has 0 saturated carbocycles. The second kappa shape index (κ2) is 10.4. The molecule has 0 aliphatic heterocycles. The molecule has 0 amide bonds. The second-order valence-corrected chi connectivity index (χ2v) is 8.00. The number of nitrogens with one attached hydrogen (secondary N) is 2. The summed E-state index contributed by atoms with van der Waals surface area (Å²) in [6, 6.07) is 5.36. The summed E-state index contributed by atoms with van der Waals surface area (Å²) in [6.45, 7) is 5.63. The third kappa shape index (κ3) is 7.85. The van der Waals surface area contributed by atoms with Gasteiger partial charge in [0.1, 0.15) is 0 Å². The van der Waals surface area contributed by atoms with Gasteiger partial charge in [0.05, 0.1) is 11.5 Å². The van der Waals surface area contributed by atoms with E-state index in [1.54, 1.807) is 20.2 Å². The molecule has 8 heteroatoms. The summed E-state index contributed by atoms with van der Waals surface area (Å²) in [7, 11) is 2.28. The van der Waals surface area contributed by atoms with Gasteiger partial charge < -0.3 is 20.3 Å². The lowest BCUT2D eigenvalue weighted by molar-refractivity contribution is 0.162. The third-order valence-corrected chi connectivity index (χ3v) is 5.04. The van der Waals surface area contributed by atoms with Gasteiger partial charge >= 0.3 is 0 Å². The lowest BCUT2D eigenvalue weighted by Gasteiger charge is -2.18. The minimum absolute atomic E-state index is 0.373. The van der Waals surface area contributed by atoms with Crippen LogP contribution in [0.15, 0.2) is 28.1 Å². The van der Waals surface area contributed by atoms with Crippen LogP contribution in [0.4, 0.5) is 0 Å². The molecule has 0 atom stereocenters. The van der Waals surface area contributed by atoms with Gasteiger partial charge in [-0.05, 0) is 31.2 Å². The molecule has 1 aromatic rings. The molecule has 0 saturated heterocycles. The van der Waals surface area contributed by atoms with Crippen molar-refractivity contribution in [1.29, 1.82) is 0 Å². The van der Waals surface area contributed by atoms with E-state index in [1.807, 2.05) is 26.1 Å². The first kappa shape index (κ1) is 21.4. The molecule has 0 bridgehead atoms. The lowest BCUT2D eigenvalue weighted by Crippen LogP contribution is -2.41. The van der Waals surface area contributed by atoms with Crippen molar-refractivity contribution in [3.05, 3.63) is 29.3 Å². The molecule has 0 unspecified atom stereocenters. The van der Waals surface area contributed by atoms with Gasteiger partial charge in [-0.1, -0.05) is 12.1 Å². The van der Waals surface area contributed by atoms with Crippen molar-refractivity contribution >= 4 is 15.8 Å². The lowest BCUT2D eigenvalue weighted by atomic mass is 10.1. The zero-order chi connectivity index (χ0) is 18.9. The first-order valence-corrected chi connectivity index (χ1v) is 10.1. The quantitative estimate of drug-likeness (QED) is 0.490. The van der Waals surface area contributed by atoms with E-state index in [1.165, 1.54) is 6.26 Å². The van der Waals surface area contributed by atoms with Crippen molar-refractivity contribution in [2.75, 3.05) is 53.7 Å². The highest BCUT2D eigenvalue weighted by Crippen LogP contribution is 2.16. The summed E-state index contributed by atoms with van der Waals surface area (Å²) < 4.78 is 28.4. The number of hydrogen-bond donors (Lipinski definition) is 2. The smallest absolute Gasteiger partial charge is 0.191 e. The fraction of sp³-hybridized carbons (Fsp3) is 0.588. The Hall–Kier alpha value is -1.64.